The molecular weight excluding hydrogens is 226 g/mol. The smallest absolute Gasteiger partial charge is 0.0178 e. The second kappa shape index (κ2) is 3.81. The maximum Gasteiger partial charge on any atom is 0.0178 e. The number of benzene rings is 1. The fraction of sp³-hybridized carbons (Fsp3) is 0.455. The van der Waals surface area contributed by atoms with E-state index in [1.54, 1.807) is 0 Å². The van der Waals surface area contributed by atoms with Crippen LogP contribution in [0.4, 0.5) is 0 Å². The van der Waals surface area contributed by atoms with Crippen molar-refractivity contribution in [2.75, 3.05) is 13.1 Å². The van der Waals surface area contributed by atoms with Crippen LogP contribution in [0.5, 0.6) is 0 Å². The molecule has 0 saturated carbocycles. The van der Waals surface area contributed by atoms with Crippen molar-refractivity contribution in [3.8, 4) is 0 Å². The fourth-order valence-corrected chi connectivity index (χ4v) is 2.07. The topological polar surface area (TPSA) is 12.0 Å². The SMILES string of the molecule is Cc1ccc(Br)cc1CC1CNC1. The molecule has 1 saturated heterocycles. The Kier molecular flexibility index (Phi) is 2.70. The summed E-state index contributed by atoms with van der Waals surface area (Å²) in [4.78, 5) is 0. The molecule has 2 heteroatoms. The molecule has 13 heavy (non-hydrogen) atoms. The molecule has 1 aromatic rings. The molecule has 1 aromatic carbocycles. The van der Waals surface area contributed by atoms with E-state index in [9.17, 15) is 0 Å². The van der Waals surface area contributed by atoms with Gasteiger partial charge in [0.1, 0.15) is 0 Å². The van der Waals surface area contributed by atoms with Gasteiger partial charge < -0.3 is 5.32 Å². The Morgan fingerprint density at radius 3 is 2.85 bits per heavy atom. The van der Waals surface area contributed by atoms with Gasteiger partial charge in [-0.2, -0.15) is 0 Å². The number of aryl methyl sites for hydroxylation is 1. The fourth-order valence-electron chi connectivity index (χ4n) is 1.66. The van der Waals surface area contributed by atoms with Crippen LogP contribution in [-0.2, 0) is 6.42 Å². The number of hydrogen-bond acceptors (Lipinski definition) is 1. The van der Waals surface area contributed by atoms with Gasteiger partial charge in [0.25, 0.3) is 0 Å². The van der Waals surface area contributed by atoms with E-state index in [4.69, 9.17) is 0 Å². The third-order valence-corrected chi connectivity index (χ3v) is 3.18. The predicted molar refractivity (Wildman–Crippen MR) is 58.9 cm³/mol. The Labute approximate surface area is 87.7 Å². The Bertz CT molecular complexity index is 305. The summed E-state index contributed by atoms with van der Waals surface area (Å²) in [6.45, 7) is 4.56. The Balaban J connectivity index is 2.13. The first-order valence-corrected chi connectivity index (χ1v) is 5.51. The highest BCUT2D eigenvalue weighted by Gasteiger charge is 2.17. The van der Waals surface area contributed by atoms with E-state index < -0.39 is 0 Å². The van der Waals surface area contributed by atoms with Crippen LogP contribution in [0.15, 0.2) is 22.7 Å². The molecule has 1 fully saturated rings. The van der Waals surface area contributed by atoms with Crippen molar-refractivity contribution in [2.24, 2.45) is 5.92 Å². The van der Waals surface area contributed by atoms with Crippen molar-refractivity contribution in [1.82, 2.24) is 5.32 Å². The van der Waals surface area contributed by atoms with Crippen molar-refractivity contribution < 1.29 is 0 Å². The van der Waals surface area contributed by atoms with Crippen LogP contribution in [0.25, 0.3) is 0 Å². The largest absolute Gasteiger partial charge is 0.316 e. The molecule has 1 aliphatic heterocycles. The first kappa shape index (κ1) is 9.22. The van der Waals surface area contributed by atoms with Gasteiger partial charge in [0.2, 0.25) is 0 Å². The van der Waals surface area contributed by atoms with Crippen LogP contribution in [0.2, 0.25) is 0 Å². The van der Waals surface area contributed by atoms with Gasteiger partial charge in [-0.25, -0.2) is 0 Å². The summed E-state index contributed by atoms with van der Waals surface area (Å²) in [6, 6.07) is 6.54. The van der Waals surface area contributed by atoms with E-state index in [0.29, 0.717) is 0 Å². The van der Waals surface area contributed by atoms with Crippen molar-refractivity contribution in [3.63, 3.8) is 0 Å². The molecule has 70 valence electrons. The molecule has 0 aromatic heterocycles. The van der Waals surface area contributed by atoms with E-state index in [1.165, 1.54) is 35.1 Å². The van der Waals surface area contributed by atoms with Gasteiger partial charge in [-0.15, -0.1) is 0 Å². The summed E-state index contributed by atoms with van der Waals surface area (Å²) in [6.07, 6.45) is 1.22. The highest BCUT2D eigenvalue weighted by Crippen LogP contribution is 2.20. The highest BCUT2D eigenvalue weighted by atomic mass is 79.9. The molecular formula is C11H14BrN. The van der Waals surface area contributed by atoms with E-state index in [-0.39, 0.29) is 0 Å². The third-order valence-electron chi connectivity index (χ3n) is 2.69. The molecule has 0 unspecified atom stereocenters. The minimum atomic E-state index is 0.855. The summed E-state index contributed by atoms with van der Waals surface area (Å²) in [5.41, 5.74) is 2.90. The second-order valence-electron chi connectivity index (χ2n) is 3.80. The van der Waals surface area contributed by atoms with Crippen LogP contribution in [0, 0.1) is 12.8 Å². The number of nitrogens with one attached hydrogen (secondary N) is 1. The molecule has 0 spiro atoms. The van der Waals surface area contributed by atoms with Crippen LogP contribution in [0.1, 0.15) is 11.1 Å². The van der Waals surface area contributed by atoms with Crippen LogP contribution in [-0.4, -0.2) is 13.1 Å². The number of rotatable bonds is 2. The lowest BCUT2D eigenvalue weighted by molar-refractivity contribution is 0.346. The molecule has 1 heterocycles. The summed E-state index contributed by atoms with van der Waals surface area (Å²) in [5.74, 6) is 0.855. The Morgan fingerprint density at radius 2 is 2.23 bits per heavy atom. The summed E-state index contributed by atoms with van der Waals surface area (Å²) >= 11 is 3.51. The lowest BCUT2D eigenvalue weighted by atomic mass is 9.92. The maximum atomic E-state index is 3.51. The van der Waals surface area contributed by atoms with Crippen molar-refractivity contribution in [2.45, 2.75) is 13.3 Å². The zero-order valence-corrected chi connectivity index (χ0v) is 9.39. The first-order valence-electron chi connectivity index (χ1n) is 4.71. The molecule has 0 atom stereocenters. The zero-order chi connectivity index (χ0) is 9.26. The van der Waals surface area contributed by atoms with Gasteiger partial charge in [0.05, 0.1) is 0 Å². The van der Waals surface area contributed by atoms with Crippen LogP contribution in [0.3, 0.4) is 0 Å². The third kappa shape index (κ3) is 2.12. The quantitative estimate of drug-likeness (QED) is 0.837. The van der Waals surface area contributed by atoms with E-state index >= 15 is 0 Å². The maximum absolute atomic E-state index is 3.51. The lowest BCUT2D eigenvalue weighted by Gasteiger charge is -2.27. The Hall–Kier alpha value is -0.340. The zero-order valence-electron chi connectivity index (χ0n) is 7.81. The van der Waals surface area contributed by atoms with Crippen molar-refractivity contribution in [3.05, 3.63) is 33.8 Å². The van der Waals surface area contributed by atoms with E-state index in [0.717, 1.165) is 5.92 Å². The van der Waals surface area contributed by atoms with E-state index in [2.05, 4.69) is 46.4 Å². The molecule has 1 nitrogen and oxygen atoms in total. The number of hydrogen-bond donors (Lipinski definition) is 1. The van der Waals surface area contributed by atoms with Gasteiger partial charge in [-0.05, 0) is 55.6 Å². The summed E-state index contributed by atoms with van der Waals surface area (Å²) in [7, 11) is 0. The minimum Gasteiger partial charge on any atom is -0.316 e. The molecule has 0 bridgehead atoms. The van der Waals surface area contributed by atoms with Crippen LogP contribution >= 0.6 is 15.9 Å². The number of halogens is 1. The average Bonchev–Trinajstić information content (AvgIpc) is 2.03. The molecule has 0 amide bonds. The monoisotopic (exact) mass is 239 g/mol. The Morgan fingerprint density at radius 1 is 1.46 bits per heavy atom. The lowest BCUT2D eigenvalue weighted by Crippen LogP contribution is -2.43. The standard InChI is InChI=1S/C11H14BrN/c1-8-2-3-11(12)5-10(8)4-9-6-13-7-9/h2-3,5,9,13H,4,6-7H2,1H3. The average molecular weight is 240 g/mol. The van der Waals surface area contributed by atoms with Crippen LogP contribution < -0.4 is 5.32 Å². The van der Waals surface area contributed by atoms with Gasteiger partial charge in [-0.3, -0.25) is 0 Å². The molecule has 1 aliphatic rings. The first-order chi connectivity index (χ1) is 6.25. The van der Waals surface area contributed by atoms with Gasteiger partial charge in [0, 0.05) is 4.47 Å². The van der Waals surface area contributed by atoms with E-state index in [1.807, 2.05) is 0 Å². The predicted octanol–water partition coefficient (Wildman–Crippen LogP) is 2.52. The van der Waals surface area contributed by atoms with Crippen molar-refractivity contribution >= 4 is 15.9 Å². The molecule has 1 N–H and O–H groups in total. The molecule has 0 aliphatic carbocycles. The molecule has 2 rings (SSSR count). The minimum absolute atomic E-state index is 0.855. The normalized spacial score (nSPS) is 17.1. The second-order valence-corrected chi connectivity index (χ2v) is 4.71. The summed E-state index contributed by atoms with van der Waals surface area (Å²) in [5, 5.41) is 3.30. The highest BCUT2D eigenvalue weighted by molar-refractivity contribution is 9.10. The van der Waals surface area contributed by atoms with Gasteiger partial charge in [-0.1, -0.05) is 22.0 Å². The van der Waals surface area contributed by atoms with Gasteiger partial charge >= 0.3 is 0 Å². The summed E-state index contributed by atoms with van der Waals surface area (Å²) < 4.78 is 1.19. The van der Waals surface area contributed by atoms with Gasteiger partial charge in [0.15, 0.2) is 0 Å². The van der Waals surface area contributed by atoms with Crippen molar-refractivity contribution in [1.29, 1.82) is 0 Å². The molecule has 0 radical (unpaired) electrons.